The number of imide groups is 1. The second-order valence-corrected chi connectivity index (χ2v) is 10.1. The number of hydrogen-bond acceptors (Lipinski definition) is 6. The molecule has 5 rings (SSSR count). The van der Waals surface area contributed by atoms with E-state index in [4.69, 9.17) is 9.88 Å². The van der Waals surface area contributed by atoms with Crippen LogP contribution in [0.5, 0.6) is 11.6 Å². The summed E-state index contributed by atoms with van der Waals surface area (Å²) in [5.41, 5.74) is 0.543. The fourth-order valence-corrected chi connectivity index (χ4v) is 4.93. The molecule has 11 heteroatoms. The van der Waals surface area contributed by atoms with E-state index in [2.05, 4.69) is 10.6 Å². The number of rotatable bonds is 6. The first kappa shape index (κ1) is 23.4. The van der Waals surface area contributed by atoms with Crippen LogP contribution in [0.3, 0.4) is 0 Å². The highest BCUT2D eigenvalue weighted by Gasteiger charge is 2.48. The number of primary sulfonamides is 1. The molecule has 10 nitrogen and oxygen atoms in total. The Labute approximate surface area is 206 Å². The topological polar surface area (TPSA) is 153 Å². The van der Waals surface area contributed by atoms with Crippen molar-refractivity contribution >= 4 is 32.7 Å². The Bertz CT molecular complexity index is 1610. The third kappa shape index (κ3) is 3.93. The number of carbonyl (C=O) groups is 2. The first-order valence-electron chi connectivity index (χ1n) is 10.8. The van der Waals surface area contributed by atoms with Gasteiger partial charge in [0.2, 0.25) is 10.0 Å². The molecule has 0 unspecified atom stereocenters. The first-order valence-corrected chi connectivity index (χ1v) is 12.4. The Morgan fingerprint density at radius 3 is 2.19 bits per heavy atom. The minimum atomic E-state index is -3.80. The molecule has 3 amide bonds. The average molecular weight is 507 g/mol. The molecule has 0 radical (unpaired) electrons. The number of hydrogen-bond donors (Lipinski definition) is 4. The molecule has 0 saturated carbocycles. The number of ether oxygens (including phenoxy) is 1. The highest BCUT2D eigenvalue weighted by molar-refractivity contribution is 7.89. The lowest BCUT2D eigenvalue weighted by atomic mass is 9.88. The van der Waals surface area contributed by atoms with Crippen molar-refractivity contribution in [2.24, 2.45) is 5.14 Å². The zero-order chi connectivity index (χ0) is 25.7. The van der Waals surface area contributed by atoms with Gasteiger partial charge in [-0.1, -0.05) is 36.4 Å². The zero-order valence-corrected chi connectivity index (χ0v) is 19.9. The van der Waals surface area contributed by atoms with Crippen molar-refractivity contribution in [2.75, 3.05) is 7.11 Å². The number of nitrogens with one attached hydrogen (secondary N) is 2. The van der Waals surface area contributed by atoms with E-state index < -0.39 is 27.5 Å². The maximum atomic E-state index is 13.0. The molecule has 1 aromatic heterocycles. The minimum Gasteiger partial charge on any atom is -0.497 e. The van der Waals surface area contributed by atoms with Gasteiger partial charge in [0.15, 0.2) is 11.4 Å². The number of amides is 3. The molecule has 1 aliphatic rings. The molecule has 5 N–H and O–H groups in total. The molecule has 1 aliphatic heterocycles. The Balaban J connectivity index is 1.52. The summed E-state index contributed by atoms with van der Waals surface area (Å²) in [5, 5.41) is 22.3. The van der Waals surface area contributed by atoms with Crippen LogP contribution in [0.4, 0.5) is 4.79 Å². The SMILES string of the molecule is COc1ccc2cn(C[C@@]3(c4ccc(-c5ccc(S(N)(=O)=O)cc5)cc4)NC(=O)NC3=O)c(O)c2c1. The van der Waals surface area contributed by atoms with Crippen LogP contribution in [0.2, 0.25) is 0 Å². The standard InChI is InChI=1S/C25H22N4O6S/c1-35-19-9-4-17-13-29(22(30)21(17)12-19)14-25(23(31)27-24(32)28-25)18-7-2-15(3-8-18)16-5-10-20(11-6-16)36(26,33)34/h2-13,30H,14H2,1H3,(H2,26,33,34)(H2,27,28,31,32)/t25-/m0/s1. The highest BCUT2D eigenvalue weighted by Crippen LogP contribution is 2.35. The molecule has 0 spiro atoms. The van der Waals surface area contributed by atoms with E-state index in [1.807, 2.05) is 0 Å². The molecule has 184 valence electrons. The summed E-state index contributed by atoms with van der Waals surface area (Å²) >= 11 is 0. The van der Waals surface area contributed by atoms with Crippen molar-refractivity contribution in [3.63, 3.8) is 0 Å². The van der Waals surface area contributed by atoms with Crippen LogP contribution in [0, 0.1) is 0 Å². The van der Waals surface area contributed by atoms with E-state index in [1.165, 1.54) is 23.8 Å². The van der Waals surface area contributed by atoms with Crippen LogP contribution >= 0.6 is 0 Å². The molecule has 1 atom stereocenters. The van der Waals surface area contributed by atoms with Crippen LogP contribution in [0.15, 0.2) is 77.8 Å². The van der Waals surface area contributed by atoms with Gasteiger partial charge in [0, 0.05) is 17.0 Å². The number of urea groups is 1. The largest absolute Gasteiger partial charge is 0.497 e. The molecular weight excluding hydrogens is 484 g/mol. The van der Waals surface area contributed by atoms with Crippen molar-refractivity contribution in [2.45, 2.75) is 17.0 Å². The van der Waals surface area contributed by atoms with Gasteiger partial charge in [-0.05, 0) is 47.0 Å². The van der Waals surface area contributed by atoms with Crippen LogP contribution in [0.1, 0.15) is 5.56 Å². The van der Waals surface area contributed by atoms with Crippen LogP contribution < -0.4 is 20.5 Å². The lowest BCUT2D eigenvalue weighted by Gasteiger charge is -2.27. The summed E-state index contributed by atoms with van der Waals surface area (Å²) in [6, 6.07) is 17.6. The fraction of sp³-hybridized carbons (Fsp3) is 0.120. The van der Waals surface area contributed by atoms with Gasteiger partial charge in [0.1, 0.15) is 5.75 Å². The van der Waals surface area contributed by atoms with E-state index in [0.717, 1.165) is 16.5 Å². The monoisotopic (exact) mass is 506 g/mol. The number of aromatic nitrogens is 1. The molecule has 1 saturated heterocycles. The second-order valence-electron chi connectivity index (χ2n) is 8.49. The summed E-state index contributed by atoms with van der Waals surface area (Å²) in [6.45, 7) is -0.0597. The second kappa shape index (κ2) is 8.40. The minimum absolute atomic E-state index is 0.00343. The van der Waals surface area contributed by atoms with Gasteiger partial charge in [-0.2, -0.15) is 0 Å². The van der Waals surface area contributed by atoms with Gasteiger partial charge in [0.25, 0.3) is 5.91 Å². The lowest BCUT2D eigenvalue weighted by molar-refractivity contribution is -0.124. The highest BCUT2D eigenvalue weighted by atomic mass is 32.2. The maximum Gasteiger partial charge on any atom is 0.322 e. The molecule has 1 fully saturated rings. The number of benzene rings is 3. The number of carbonyl (C=O) groups excluding carboxylic acids is 2. The van der Waals surface area contributed by atoms with Gasteiger partial charge >= 0.3 is 6.03 Å². The molecule has 3 aromatic carbocycles. The molecule has 36 heavy (non-hydrogen) atoms. The number of fused-ring (bicyclic) bond motifs is 1. The molecule has 2 heterocycles. The summed E-state index contributed by atoms with van der Waals surface area (Å²) < 4.78 is 29.8. The first-order chi connectivity index (χ1) is 17.1. The normalized spacial score (nSPS) is 17.7. The molecule has 0 bridgehead atoms. The fourth-order valence-electron chi connectivity index (χ4n) is 4.41. The van der Waals surface area contributed by atoms with Crippen molar-refractivity contribution in [3.05, 3.63) is 78.5 Å². The van der Waals surface area contributed by atoms with E-state index in [-0.39, 0.29) is 17.3 Å². The van der Waals surface area contributed by atoms with Gasteiger partial charge < -0.3 is 19.7 Å². The predicted octanol–water partition coefficient (Wildman–Crippen LogP) is 2.40. The Morgan fingerprint density at radius 1 is 1.00 bits per heavy atom. The van der Waals surface area contributed by atoms with Gasteiger partial charge in [-0.15, -0.1) is 0 Å². The predicted molar refractivity (Wildman–Crippen MR) is 132 cm³/mol. The molecule has 4 aromatic rings. The third-order valence-corrected chi connectivity index (χ3v) is 7.24. The Hall–Kier alpha value is -4.35. The number of sulfonamides is 1. The summed E-state index contributed by atoms with van der Waals surface area (Å²) in [5.74, 6) is -0.0406. The Morgan fingerprint density at radius 2 is 1.64 bits per heavy atom. The van der Waals surface area contributed by atoms with E-state index >= 15 is 0 Å². The number of nitrogens with two attached hydrogens (primary N) is 1. The van der Waals surface area contributed by atoms with E-state index in [0.29, 0.717) is 16.7 Å². The number of aromatic hydroxyl groups is 1. The van der Waals surface area contributed by atoms with Crippen LogP contribution in [-0.4, -0.2) is 37.1 Å². The molecule has 0 aliphatic carbocycles. The molecular formula is C25H22N4O6S. The van der Waals surface area contributed by atoms with E-state index in [9.17, 15) is 23.1 Å². The van der Waals surface area contributed by atoms with Gasteiger partial charge in [-0.25, -0.2) is 18.4 Å². The summed E-state index contributed by atoms with van der Waals surface area (Å²) in [4.78, 5) is 25.2. The van der Waals surface area contributed by atoms with Crippen LogP contribution in [0.25, 0.3) is 21.9 Å². The zero-order valence-electron chi connectivity index (χ0n) is 19.1. The quantitative estimate of drug-likeness (QED) is 0.295. The van der Waals surface area contributed by atoms with Gasteiger partial charge in [0.05, 0.1) is 18.6 Å². The number of methoxy groups -OCH3 is 1. The lowest BCUT2D eigenvalue weighted by Crippen LogP contribution is -2.47. The maximum absolute atomic E-state index is 13.0. The van der Waals surface area contributed by atoms with Crippen molar-refractivity contribution in [1.82, 2.24) is 15.2 Å². The third-order valence-electron chi connectivity index (χ3n) is 6.31. The summed E-state index contributed by atoms with van der Waals surface area (Å²) in [6.07, 6.45) is 1.70. The number of nitrogens with zero attached hydrogens (tertiary/aromatic N) is 1. The van der Waals surface area contributed by atoms with Gasteiger partial charge in [-0.3, -0.25) is 10.1 Å². The smallest absolute Gasteiger partial charge is 0.322 e. The summed E-state index contributed by atoms with van der Waals surface area (Å²) in [7, 11) is -2.27. The Kier molecular flexibility index (Phi) is 5.46. The van der Waals surface area contributed by atoms with Crippen molar-refractivity contribution < 1.29 is 27.9 Å². The van der Waals surface area contributed by atoms with E-state index in [1.54, 1.807) is 60.8 Å². The van der Waals surface area contributed by atoms with Crippen molar-refractivity contribution in [3.8, 4) is 22.8 Å². The van der Waals surface area contributed by atoms with Crippen LogP contribution in [-0.2, 0) is 26.9 Å². The van der Waals surface area contributed by atoms with Crippen molar-refractivity contribution in [1.29, 1.82) is 0 Å². The average Bonchev–Trinajstić information content (AvgIpc) is 3.33.